The molecule has 0 spiro atoms. The van der Waals surface area contributed by atoms with Crippen LogP contribution >= 0.6 is 0 Å². The van der Waals surface area contributed by atoms with E-state index in [4.69, 9.17) is 9.47 Å². The second-order valence-electron chi connectivity index (χ2n) is 6.74. The zero-order valence-corrected chi connectivity index (χ0v) is 18.0. The minimum atomic E-state index is -4.55. The average Bonchev–Trinajstić information content (AvgIpc) is 2.77. The summed E-state index contributed by atoms with van der Waals surface area (Å²) in [5, 5.41) is 11.8. The lowest BCUT2D eigenvalue weighted by molar-refractivity contribution is -0.137. The molecule has 0 aliphatic carbocycles. The second kappa shape index (κ2) is 11.6. The Morgan fingerprint density at radius 2 is 1.94 bits per heavy atom. The van der Waals surface area contributed by atoms with Gasteiger partial charge in [-0.25, -0.2) is 0 Å². The molecule has 8 heteroatoms. The van der Waals surface area contributed by atoms with E-state index in [0.717, 1.165) is 17.7 Å². The molecule has 172 valence electrons. The van der Waals surface area contributed by atoms with E-state index in [2.05, 4.69) is 18.5 Å². The molecule has 33 heavy (non-hydrogen) atoms. The summed E-state index contributed by atoms with van der Waals surface area (Å²) in [6.45, 7) is 9.77. The zero-order valence-electron chi connectivity index (χ0n) is 18.0. The van der Waals surface area contributed by atoms with Crippen molar-refractivity contribution in [2.45, 2.75) is 19.5 Å². The molecule has 0 unspecified atom stereocenters. The number of hydrogen-bond acceptors (Lipinski definition) is 4. The Morgan fingerprint density at radius 1 is 1.18 bits per heavy atom. The predicted molar refractivity (Wildman–Crippen MR) is 121 cm³/mol. The van der Waals surface area contributed by atoms with Gasteiger partial charge in [0.1, 0.15) is 18.2 Å². The van der Waals surface area contributed by atoms with Crippen molar-refractivity contribution in [3.63, 3.8) is 0 Å². The number of anilines is 1. The van der Waals surface area contributed by atoms with E-state index in [1.165, 1.54) is 18.2 Å². The average molecular weight is 456 g/mol. The highest BCUT2D eigenvalue weighted by atomic mass is 19.4. The van der Waals surface area contributed by atoms with Gasteiger partial charge < -0.3 is 14.8 Å². The van der Waals surface area contributed by atoms with Crippen molar-refractivity contribution in [3.05, 3.63) is 84.0 Å². The molecule has 5 nitrogen and oxygen atoms in total. The van der Waals surface area contributed by atoms with Crippen LogP contribution in [0.4, 0.5) is 18.9 Å². The quantitative estimate of drug-likeness (QED) is 0.273. The normalized spacial score (nSPS) is 11.3. The number of nitrogens with zero attached hydrogens (tertiary/aromatic N) is 1. The maximum absolute atomic E-state index is 12.9. The Morgan fingerprint density at radius 3 is 2.55 bits per heavy atom. The van der Waals surface area contributed by atoms with Crippen LogP contribution in [0.15, 0.2) is 67.3 Å². The van der Waals surface area contributed by atoms with Gasteiger partial charge in [-0.05, 0) is 55.3 Å². The first-order valence-electron chi connectivity index (χ1n) is 9.98. The van der Waals surface area contributed by atoms with E-state index < -0.39 is 17.6 Å². The summed E-state index contributed by atoms with van der Waals surface area (Å²) >= 11 is 0. The molecular weight excluding hydrogens is 433 g/mol. The standard InChI is InChI=1S/C25H23F3N2O3/c1-4-8-18-12-17(14-22(32-6-3)23(18)33-11-5-2)13-19(16-29)24(31)30-21-10-7-9-20(15-21)25(26,27)28/h4-5,7,9-10,12-15H,1-2,6,8,11H2,3H3,(H,30,31)/b19-13+. The topological polar surface area (TPSA) is 71.3 Å². The molecule has 0 aromatic heterocycles. The molecule has 2 aromatic rings. The number of halogens is 3. The first-order chi connectivity index (χ1) is 15.7. The summed E-state index contributed by atoms with van der Waals surface area (Å²) < 4.78 is 50.1. The predicted octanol–water partition coefficient (Wildman–Crippen LogP) is 5.94. The van der Waals surface area contributed by atoms with Crippen LogP contribution < -0.4 is 14.8 Å². The van der Waals surface area contributed by atoms with Crippen LogP contribution in [0.3, 0.4) is 0 Å². The smallest absolute Gasteiger partial charge is 0.416 e. The van der Waals surface area contributed by atoms with E-state index in [-0.39, 0.29) is 17.9 Å². The fourth-order valence-electron chi connectivity index (χ4n) is 2.93. The first-order valence-corrected chi connectivity index (χ1v) is 9.98. The molecule has 0 saturated carbocycles. The Bertz CT molecular complexity index is 1100. The van der Waals surface area contributed by atoms with Crippen LogP contribution in [0.25, 0.3) is 6.08 Å². The van der Waals surface area contributed by atoms with Gasteiger partial charge in [0.2, 0.25) is 0 Å². The number of carbonyl (C=O) groups excluding carboxylic acids is 1. The fourth-order valence-corrected chi connectivity index (χ4v) is 2.93. The Hall–Kier alpha value is -3.99. The third kappa shape index (κ3) is 7.01. The van der Waals surface area contributed by atoms with Crippen molar-refractivity contribution in [1.29, 1.82) is 5.26 Å². The number of amides is 1. The number of allylic oxidation sites excluding steroid dienone is 1. The highest BCUT2D eigenvalue weighted by Gasteiger charge is 2.30. The van der Waals surface area contributed by atoms with Crippen LogP contribution in [0.5, 0.6) is 11.5 Å². The summed E-state index contributed by atoms with van der Waals surface area (Å²) in [5.74, 6) is 0.0771. The van der Waals surface area contributed by atoms with Gasteiger partial charge in [-0.1, -0.05) is 24.8 Å². The molecule has 0 radical (unpaired) electrons. The summed E-state index contributed by atoms with van der Waals surface area (Å²) in [6, 6.07) is 9.30. The summed E-state index contributed by atoms with van der Waals surface area (Å²) in [6.07, 6.45) is 0.473. The number of rotatable bonds is 10. The molecule has 1 amide bonds. The van der Waals surface area contributed by atoms with Crippen LogP contribution in [0.2, 0.25) is 0 Å². The van der Waals surface area contributed by atoms with Gasteiger partial charge in [-0.15, -0.1) is 6.58 Å². The molecule has 1 N–H and O–H groups in total. The van der Waals surface area contributed by atoms with Crippen LogP contribution in [-0.2, 0) is 17.4 Å². The molecule has 0 bridgehead atoms. The molecule has 0 aliphatic heterocycles. The van der Waals surface area contributed by atoms with Gasteiger partial charge in [0.15, 0.2) is 11.5 Å². The third-order valence-corrected chi connectivity index (χ3v) is 4.29. The van der Waals surface area contributed by atoms with Crippen LogP contribution in [0.1, 0.15) is 23.6 Å². The number of alkyl halides is 3. The molecule has 0 aliphatic rings. The summed E-state index contributed by atoms with van der Waals surface area (Å²) in [7, 11) is 0. The summed E-state index contributed by atoms with van der Waals surface area (Å²) in [4.78, 5) is 12.6. The zero-order chi connectivity index (χ0) is 24.4. The number of hydrogen-bond donors (Lipinski definition) is 1. The van der Waals surface area contributed by atoms with Crippen LogP contribution in [0, 0.1) is 11.3 Å². The largest absolute Gasteiger partial charge is 0.490 e. The third-order valence-electron chi connectivity index (χ3n) is 4.29. The lowest BCUT2D eigenvalue weighted by Crippen LogP contribution is -2.14. The van der Waals surface area contributed by atoms with Gasteiger partial charge in [-0.2, -0.15) is 18.4 Å². The summed E-state index contributed by atoms with van der Waals surface area (Å²) in [5.41, 5.74) is -0.0735. The van der Waals surface area contributed by atoms with Gasteiger partial charge in [-0.3, -0.25) is 4.79 Å². The highest BCUT2D eigenvalue weighted by Crippen LogP contribution is 2.35. The SMILES string of the molecule is C=CCOc1c(CC=C)cc(/C=C(\C#N)C(=O)Nc2cccc(C(F)(F)F)c2)cc1OCC. The molecule has 0 saturated heterocycles. The van der Waals surface area contributed by atoms with Crippen molar-refractivity contribution in [3.8, 4) is 17.6 Å². The Labute approximate surface area is 190 Å². The van der Waals surface area contributed by atoms with Crippen molar-refractivity contribution in [2.75, 3.05) is 18.5 Å². The molecule has 0 heterocycles. The van der Waals surface area contributed by atoms with E-state index in [0.29, 0.717) is 30.1 Å². The van der Waals surface area contributed by atoms with E-state index in [1.807, 2.05) is 0 Å². The maximum Gasteiger partial charge on any atom is 0.416 e. The van der Waals surface area contributed by atoms with Gasteiger partial charge in [0, 0.05) is 11.3 Å². The highest BCUT2D eigenvalue weighted by molar-refractivity contribution is 6.09. The fraction of sp³-hybridized carbons (Fsp3) is 0.200. The lowest BCUT2D eigenvalue weighted by atomic mass is 10.0. The van der Waals surface area contributed by atoms with Crippen molar-refractivity contribution >= 4 is 17.7 Å². The molecule has 0 atom stereocenters. The van der Waals surface area contributed by atoms with Crippen molar-refractivity contribution in [1.82, 2.24) is 0 Å². The minimum Gasteiger partial charge on any atom is -0.490 e. The number of carbonyl (C=O) groups is 1. The van der Waals surface area contributed by atoms with E-state index >= 15 is 0 Å². The number of nitrogens with one attached hydrogen (secondary N) is 1. The minimum absolute atomic E-state index is 0.0773. The Balaban J connectivity index is 2.41. The van der Waals surface area contributed by atoms with Gasteiger partial charge in [0.25, 0.3) is 5.91 Å². The number of nitriles is 1. The van der Waals surface area contributed by atoms with Gasteiger partial charge in [0.05, 0.1) is 12.2 Å². The number of benzene rings is 2. The van der Waals surface area contributed by atoms with Crippen molar-refractivity contribution in [2.24, 2.45) is 0 Å². The maximum atomic E-state index is 12.9. The molecule has 2 aromatic carbocycles. The monoisotopic (exact) mass is 456 g/mol. The van der Waals surface area contributed by atoms with Crippen molar-refractivity contribution < 1.29 is 27.4 Å². The molecular formula is C25H23F3N2O3. The van der Waals surface area contributed by atoms with Gasteiger partial charge >= 0.3 is 6.18 Å². The lowest BCUT2D eigenvalue weighted by Gasteiger charge is -2.16. The van der Waals surface area contributed by atoms with E-state index in [1.54, 1.807) is 37.3 Å². The molecule has 0 fully saturated rings. The van der Waals surface area contributed by atoms with E-state index in [9.17, 15) is 23.2 Å². The Kier molecular flexibility index (Phi) is 8.87. The first kappa shape index (κ1) is 25.3. The number of ether oxygens (including phenoxy) is 2. The molecule has 2 rings (SSSR count). The second-order valence-corrected chi connectivity index (χ2v) is 6.74. The van der Waals surface area contributed by atoms with Crippen LogP contribution in [-0.4, -0.2) is 19.1 Å².